The number of piperidine rings is 1. The van der Waals surface area contributed by atoms with Gasteiger partial charge in [0, 0.05) is 65.7 Å². The molecule has 10 nitrogen and oxygen atoms in total. The average Bonchev–Trinajstić information content (AvgIpc) is 3.78. The van der Waals surface area contributed by atoms with Crippen molar-refractivity contribution in [2.75, 3.05) is 24.6 Å². The number of benzene rings is 3. The molecule has 0 aromatic heterocycles. The van der Waals surface area contributed by atoms with Crippen molar-refractivity contribution in [2.24, 2.45) is 0 Å². The van der Waals surface area contributed by atoms with Gasteiger partial charge in [-0.3, -0.25) is 29.3 Å². The molecule has 330 valence electrons. The number of carbonyl (C=O) groups is 5. The van der Waals surface area contributed by atoms with Crippen LogP contribution in [-0.2, 0) is 36.6 Å². The maximum atomic E-state index is 13.1. The molecule has 7 rings (SSSR count). The lowest BCUT2D eigenvalue weighted by Gasteiger charge is -2.29. The van der Waals surface area contributed by atoms with E-state index < -0.39 is 11.9 Å². The summed E-state index contributed by atoms with van der Waals surface area (Å²) in [6.07, 6.45) is 17.4. The molecule has 3 aromatic carbocycles. The summed E-state index contributed by atoms with van der Waals surface area (Å²) in [6, 6.07) is 21.8. The van der Waals surface area contributed by atoms with Crippen LogP contribution in [-0.4, -0.2) is 60.1 Å². The summed E-state index contributed by atoms with van der Waals surface area (Å²) in [5.41, 5.74) is 10.2. The molecular weight excluding hydrogens is 789 g/mol. The van der Waals surface area contributed by atoms with Crippen molar-refractivity contribution in [1.29, 1.82) is 0 Å². The molecule has 1 saturated heterocycles. The maximum Gasteiger partial charge on any atom is 0.255 e. The zero-order chi connectivity index (χ0) is 44.7. The van der Waals surface area contributed by atoms with Crippen LogP contribution in [0.5, 0.6) is 5.75 Å². The SMILES string of the molecule is CC1=C(/C=C/C=C/C=C2\N(CCCCCC(=O)NCCCCCC(=O)COc3cccc4c3CN(C3CCC(=O)NC3=O)C4=O)c3ccccc3C2(C)C)C(C)(C)c2ccccc21. The Bertz CT molecular complexity index is 2380. The smallest absolute Gasteiger partial charge is 0.255 e. The monoisotopic (exact) mass is 850 g/mol. The Balaban J connectivity index is 0.792. The summed E-state index contributed by atoms with van der Waals surface area (Å²) in [7, 11) is 0. The lowest BCUT2D eigenvalue weighted by molar-refractivity contribution is -0.137. The molecule has 4 aliphatic rings. The molecule has 0 spiro atoms. The number of rotatable bonds is 19. The summed E-state index contributed by atoms with van der Waals surface area (Å²) in [5, 5.41) is 5.36. The first-order chi connectivity index (χ1) is 30.3. The molecule has 10 heteroatoms. The van der Waals surface area contributed by atoms with E-state index in [9.17, 15) is 24.0 Å². The first-order valence-electron chi connectivity index (χ1n) is 22.7. The second-order valence-electron chi connectivity index (χ2n) is 18.3. The van der Waals surface area contributed by atoms with E-state index in [0.29, 0.717) is 42.7 Å². The number of anilines is 1. The van der Waals surface area contributed by atoms with Crippen LogP contribution >= 0.6 is 0 Å². The molecule has 1 atom stereocenters. The van der Waals surface area contributed by atoms with Gasteiger partial charge in [-0.1, -0.05) is 113 Å². The molecule has 0 radical (unpaired) electrons. The van der Waals surface area contributed by atoms with Gasteiger partial charge in [0.05, 0.1) is 6.54 Å². The van der Waals surface area contributed by atoms with Crippen LogP contribution in [0, 0.1) is 0 Å². The summed E-state index contributed by atoms with van der Waals surface area (Å²) >= 11 is 0. The Kier molecular flexibility index (Phi) is 14.0. The van der Waals surface area contributed by atoms with Crippen molar-refractivity contribution in [3.63, 3.8) is 0 Å². The van der Waals surface area contributed by atoms with Crippen LogP contribution in [0.4, 0.5) is 5.69 Å². The highest BCUT2D eigenvalue weighted by molar-refractivity contribution is 6.05. The normalized spacial score (nSPS) is 19.3. The van der Waals surface area contributed by atoms with Gasteiger partial charge in [0.2, 0.25) is 17.7 Å². The van der Waals surface area contributed by atoms with Gasteiger partial charge in [0.1, 0.15) is 18.4 Å². The van der Waals surface area contributed by atoms with E-state index >= 15 is 0 Å². The van der Waals surface area contributed by atoms with Gasteiger partial charge in [-0.15, -0.1) is 0 Å². The number of ether oxygens (including phenoxy) is 1. The number of nitrogens with one attached hydrogen (secondary N) is 2. The highest BCUT2D eigenvalue weighted by Gasteiger charge is 2.41. The summed E-state index contributed by atoms with van der Waals surface area (Å²) in [6.45, 7) is 13.0. The molecule has 63 heavy (non-hydrogen) atoms. The fourth-order valence-corrected chi connectivity index (χ4v) is 9.79. The minimum Gasteiger partial charge on any atom is -0.485 e. The zero-order valence-corrected chi connectivity index (χ0v) is 37.6. The van der Waals surface area contributed by atoms with E-state index in [0.717, 1.165) is 38.6 Å². The summed E-state index contributed by atoms with van der Waals surface area (Å²) < 4.78 is 5.86. The second-order valence-corrected chi connectivity index (χ2v) is 18.3. The number of hydrogen-bond acceptors (Lipinski definition) is 7. The number of hydrogen-bond donors (Lipinski definition) is 2. The number of Topliss-reactive ketones (excluding diaryl/α,β-unsaturated/α-hetero) is 1. The second kappa shape index (κ2) is 19.6. The van der Waals surface area contributed by atoms with E-state index in [1.54, 1.807) is 18.2 Å². The predicted octanol–water partition coefficient (Wildman–Crippen LogP) is 9.19. The lowest BCUT2D eigenvalue weighted by Crippen LogP contribution is -2.52. The van der Waals surface area contributed by atoms with E-state index in [-0.39, 0.29) is 60.3 Å². The van der Waals surface area contributed by atoms with Crippen molar-refractivity contribution in [2.45, 2.75) is 122 Å². The highest BCUT2D eigenvalue weighted by Crippen LogP contribution is 2.48. The standard InChI is InChI=1S/C53H62N4O6/c1-36-38-21-13-14-24-42(38)52(2,3)41(36)23-10-6-11-28-47-53(4,5)43-25-15-16-26-44(43)56(47)33-18-8-12-29-48(59)54-32-17-7-9-20-37(58)35-63-46-27-19-22-39-40(46)34-57(51(39)62)45-30-31-49(60)55-50(45)61/h6,10-11,13-16,19,21-28,45H,7-9,12,17-18,20,29-35H2,1-5H3,(H,54,59)(H,55,60,61)/b11-6+,23-10+,47-28-. The van der Waals surface area contributed by atoms with Gasteiger partial charge >= 0.3 is 0 Å². The van der Waals surface area contributed by atoms with Crippen LogP contribution in [0.15, 0.2) is 108 Å². The van der Waals surface area contributed by atoms with Crippen molar-refractivity contribution in [1.82, 2.24) is 15.5 Å². The molecule has 1 unspecified atom stereocenters. The fraction of sp³-hybridized carbons (Fsp3) is 0.415. The largest absolute Gasteiger partial charge is 0.485 e. The number of ketones is 1. The third kappa shape index (κ3) is 9.80. The Labute approximate surface area is 372 Å². The van der Waals surface area contributed by atoms with Crippen molar-refractivity contribution < 1.29 is 28.7 Å². The van der Waals surface area contributed by atoms with Crippen molar-refractivity contribution >= 4 is 40.7 Å². The molecule has 0 bridgehead atoms. The van der Waals surface area contributed by atoms with E-state index in [2.05, 4.69) is 129 Å². The molecule has 1 fully saturated rings. The summed E-state index contributed by atoms with van der Waals surface area (Å²) in [5.74, 6) is -0.612. The Morgan fingerprint density at radius 2 is 1.54 bits per heavy atom. The average molecular weight is 851 g/mol. The van der Waals surface area contributed by atoms with Crippen LogP contribution in [0.2, 0.25) is 0 Å². The molecule has 2 N–H and O–H groups in total. The Hall–Kier alpha value is -6.03. The van der Waals surface area contributed by atoms with Crippen LogP contribution in [0.1, 0.15) is 131 Å². The van der Waals surface area contributed by atoms with Gasteiger partial charge in [-0.25, -0.2) is 0 Å². The summed E-state index contributed by atoms with van der Waals surface area (Å²) in [4.78, 5) is 66.3. The van der Waals surface area contributed by atoms with Crippen molar-refractivity contribution in [3.05, 3.63) is 136 Å². The number of para-hydroxylation sites is 1. The van der Waals surface area contributed by atoms with Gasteiger partial charge in [-0.2, -0.15) is 0 Å². The number of unbranched alkanes of at least 4 members (excludes halogenated alkanes) is 4. The van der Waals surface area contributed by atoms with Crippen LogP contribution in [0.3, 0.4) is 0 Å². The van der Waals surface area contributed by atoms with Crippen LogP contribution in [0.25, 0.3) is 5.57 Å². The minimum atomic E-state index is -0.712. The van der Waals surface area contributed by atoms with E-state index in [1.807, 2.05) is 0 Å². The number of allylic oxidation sites excluding steroid dienone is 8. The van der Waals surface area contributed by atoms with Gasteiger partial charge in [-0.05, 0) is 91.1 Å². The lowest BCUT2D eigenvalue weighted by atomic mass is 9.81. The third-order valence-electron chi connectivity index (χ3n) is 13.3. The van der Waals surface area contributed by atoms with Crippen LogP contribution < -0.4 is 20.3 Å². The number of imide groups is 1. The Morgan fingerprint density at radius 1 is 0.810 bits per heavy atom. The van der Waals surface area contributed by atoms with E-state index in [4.69, 9.17) is 4.74 Å². The van der Waals surface area contributed by atoms with Gasteiger partial charge in [0.15, 0.2) is 5.78 Å². The Morgan fingerprint density at radius 3 is 2.33 bits per heavy atom. The number of carbonyl (C=O) groups excluding carboxylic acids is 5. The minimum absolute atomic E-state index is 0.0237. The molecule has 0 saturated carbocycles. The molecule has 4 amide bonds. The van der Waals surface area contributed by atoms with E-state index in [1.165, 1.54) is 44.1 Å². The molecule has 3 aromatic rings. The molecule has 3 heterocycles. The highest BCUT2D eigenvalue weighted by atomic mass is 16.5. The first kappa shape index (κ1) is 45.0. The molecule has 1 aliphatic carbocycles. The maximum absolute atomic E-state index is 13.1. The molecule has 3 aliphatic heterocycles. The van der Waals surface area contributed by atoms with Gasteiger partial charge < -0.3 is 19.9 Å². The third-order valence-corrected chi connectivity index (χ3v) is 13.3. The number of nitrogens with zero attached hydrogens (tertiary/aromatic N) is 2. The zero-order valence-electron chi connectivity index (χ0n) is 37.6. The quantitative estimate of drug-likeness (QED) is 0.0701. The predicted molar refractivity (Wildman–Crippen MR) is 248 cm³/mol. The fourth-order valence-electron chi connectivity index (χ4n) is 9.79. The van der Waals surface area contributed by atoms with Gasteiger partial charge in [0.25, 0.3) is 5.91 Å². The molecular formula is C53H62N4O6. The first-order valence-corrected chi connectivity index (χ1v) is 22.7. The topological polar surface area (TPSA) is 125 Å². The number of amides is 4. The van der Waals surface area contributed by atoms with Crippen molar-refractivity contribution in [3.8, 4) is 5.75 Å². The number of fused-ring (bicyclic) bond motifs is 3.